The summed E-state index contributed by atoms with van der Waals surface area (Å²) in [5.74, 6) is 0.594. The van der Waals surface area contributed by atoms with Gasteiger partial charge in [-0.15, -0.1) is 22.7 Å². The van der Waals surface area contributed by atoms with Crippen LogP contribution in [0.2, 0.25) is 0 Å². The fourth-order valence-electron chi connectivity index (χ4n) is 2.86. The second-order valence-electron chi connectivity index (χ2n) is 5.98. The molecule has 1 aromatic carbocycles. The lowest BCUT2D eigenvalue weighted by Gasteiger charge is -2.15. The number of aliphatic hydroxyl groups excluding tert-OH is 1. The Morgan fingerprint density at radius 2 is 2.15 bits per heavy atom. The van der Waals surface area contributed by atoms with Gasteiger partial charge in [0, 0.05) is 21.5 Å². The van der Waals surface area contributed by atoms with Crippen molar-refractivity contribution in [2.45, 2.75) is 19.6 Å². The summed E-state index contributed by atoms with van der Waals surface area (Å²) in [6.45, 7) is 1.94. The third kappa shape index (κ3) is 3.16. The van der Waals surface area contributed by atoms with E-state index in [2.05, 4.69) is 15.3 Å². The minimum absolute atomic E-state index is 0.00830. The van der Waals surface area contributed by atoms with E-state index < -0.39 is 0 Å². The van der Waals surface area contributed by atoms with Crippen molar-refractivity contribution in [3.05, 3.63) is 68.9 Å². The average molecular weight is 383 g/mol. The molecule has 0 bridgehead atoms. The third-order valence-electron chi connectivity index (χ3n) is 4.15. The Hall–Kier alpha value is -2.48. The first-order valence-electron chi connectivity index (χ1n) is 8.17. The molecule has 4 rings (SSSR count). The van der Waals surface area contributed by atoms with Crippen LogP contribution in [-0.2, 0) is 6.61 Å². The highest BCUT2D eigenvalue weighted by atomic mass is 32.1. The zero-order chi connectivity index (χ0) is 18.1. The zero-order valence-corrected chi connectivity index (χ0v) is 15.7. The monoisotopic (exact) mass is 383 g/mol. The van der Waals surface area contributed by atoms with Crippen LogP contribution in [0, 0.1) is 0 Å². The van der Waals surface area contributed by atoms with Crippen molar-refractivity contribution in [2.24, 2.45) is 0 Å². The van der Waals surface area contributed by atoms with Gasteiger partial charge < -0.3 is 15.4 Å². The molecule has 0 saturated heterocycles. The first-order valence-corrected chi connectivity index (χ1v) is 9.93. The van der Waals surface area contributed by atoms with Gasteiger partial charge in [0.05, 0.1) is 18.0 Å². The molecule has 0 amide bonds. The lowest BCUT2D eigenvalue weighted by molar-refractivity contribution is 0.282. The van der Waals surface area contributed by atoms with Gasteiger partial charge in [0.25, 0.3) is 5.56 Å². The van der Waals surface area contributed by atoms with Gasteiger partial charge >= 0.3 is 0 Å². The fraction of sp³-hybridized carbons (Fsp3) is 0.158. The van der Waals surface area contributed by atoms with E-state index in [1.165, 1.54) is 11.3 Å². The molecule has 132 valence electrons. The van der Waals surface area contributed by atoms with Crippen molar-refractivity contribution < 1.29 is 5.11 Å². The summed E-state index contributed by atoms with van der Waals surface area (Å²) < 4.78 is 0. The van der Waals surface area contributed by atoms with Crippen LogP contribution in [0.1, 0.15) is 24.4 Å². The van der Waals surface area contributed by atoms with Crippen molar-refractivity contribution in [1.82, 2.24) is 9.97 Å². The highest BCUT2D eigenvalue weighted by Gasteiger charge is 2.16. The molecule has 0 spiro atoms. The average Bonchev–Trinajstić information content (AvgIpc) is 3.31. The number of rotatable bonds is 5. The van der Waals surface area contributed by atoms with Crippen molar-refractivity contribution in [3.63, 3.8) is 0 Å². The molecule has 0 radical (unpaired) electrons. The van der Waals surface area contributed by atoms with Crippen molar-refractivity contribution in [3.8, 4) is 10.4 Å². The Bertz CT molecular complexity index is 1100. The summed E-state index contributed by atoms with van der Waals surface area (Å²) in [6, 6.07) is 11.4. The van der Waals surface area contributed by atoms with Crippen LogP contribution in [0.15, 0.2) is 52.0 Å². The van der Waals surface area contributed by atoms with Gasteiger partial charge in [-0.25, -0.2) is 4.98 Å². The Labute approximate surface area is 158 Å². The summed E-state index contributed by atoms with van der Waals surface area (Å²) in [6.07, 6.45) is 0. The first-order chi connectivity index (χ1) is 12.7. The summed E-state index contributed by atoms with van der Waals surface area (Å²) in [5.41, 5.74) is 2.53. The van der Waals surface area contributed by atoms with E-state index >= 15 is 0 Å². The number of aromatic nitrogens is 2. The maximum absolute atomic E-state index is 12.7. The Kier molecular flexibility index (Phi) is 4.58. The molecule has 5 nitrogen and oxygen atoms in total. The van der Waals surface area contributed by atoms with E-state index in [1.54, 1.807) is 11.3 Å². The number of nitrogens with one attached hydrogen (secondary N) is 2. The van der Waals surface area contributed by atoms with Crippen molar-refractivity contribution >= 4 is 38.6 Å². The maximum atomic E-state index is 12.7. The molecule has 3 heterocycles. The Balaban J connectivity index is 1.68. The van der Waals surface area contributed by atoms with E-state index in [1.807, 2.05) is 54.1 Å². The van der Waals surface area contributed by atoms with Crippen LogP contribution in [0.4, 0.5) is 5.69 Å². The molecule has 7 heteroatoms. The van der Waals surface area contributed by atoms with Gasteiger partial charge in [-0.1, -0.05) is 18.2 Å². The van der Waals surface area contributed by atoms with E-state index in [0.29, 0.717) is 11.2 Å². The molecule has 0 aliphatic carbocycles. The normalized spacial score (nSPS) is 12.4. The molecule has 0 unspecified atom stereocenters. The molecule has 26 heavy (non-hydrogen) atoms. The number of aliphatic hydroxyl groups is 1. The second kappa shape index (κ2) is 7.03. The second-order valence-corrected chi connectivity index (χ2v) is 7.79. The molecule has 0 saturated carbocycles. The maximum Gasteiger partial charge on any atom is 0.260 e. The van der Waals surface area contributed by atoms with Gasteiger partial charge in [0.1, 0.15) is 10.7 Å². The van der Waals surface area contributed by atoms with Gasteiger partial charge in [0.15, 0.2) is 0 Å². The summed E-state index contributed by atoms with van der Waals surface area (Å²) in [5, 5.41) is 17.2. The van der Waals surface area contributed by atoms with Gasteiger partial charge in [-0.2, -0.15) is 0 Å². The van der Waals surface area contributed by atoms with Crippen LogP contribution >= 0.6 is 22.7 Å². The van der Waals surface area contributed by atoms with Gasteiger partial charge in [0.2, 0.25) is 0 Å². The molecule has 3 N–H and O–H groups in total. The first kappa shape index (κ1) is 17.0. The lowest BCUT2D eigenvalue weighted by Crippen LogP contribution is -2.17. The largest absolute Gasteiger partial charge is 0.392 e. The molecular formula is C19H17N3O2S2. The predicted molar refractivity (Wildman–Crippen MR) is 108 cm³/mol. The van der Waals surface area contributed by atoms with E-state index in [9.17, 15) is 9.90 Å². The molecule has 0 aliphatic rings. The van der Waals surface area contributed by atoms with Gasteiger partial charge in [-0.3, -0.25) is 4.79 Å². The molecule has 4 aromatic rings. The number of fused-ring (bicyclic) bond motifs is 1. The van der Waals surface area contributed by atoms with Crippen LogP contribution in [0.5, 0.6) is 0 Å². The van der Waals surface area contributed by atoms with E-state index in [-0.39, 0.29) is 18.2 Å². The number of aromatic amines is 1. The highest BCUT2D eigenvalue weighted by Crippen LogP contribution is 2.33. The van der Waals surface area contributed by atoms with Crippen LogP contribution in [0.3, 0.4) is 0 Å². The molecular weight excluding hydrogens is 366 g/mol. The highest BCUT2D eigenvalue weighted by molar-refractivity contribution is 7.18. The van der Waals surface area contributed by atoms with Crippen molar-refractivity contribution in [1.29, 1.82) is 0 Å². The number of benzene rings is 1. The van der Waals surface area contributed by atoms with Gasteiger partial charge in [-0.05, 0) is 36.1 Å². The smallest absolute Gasteiger partial charge is 0.260 e. The molecule has 1 atom stereocenters. The number of anilines is 1. The summed E-state index contributed by atoms with van der Waals surface area (Å²) in [4.78, 5) is 22.1. The van der Waals surface area contributed by atoms with Crippen LogP contribution in [-0.4, -0.2) is 15.1 Å². The number of hydrogen-bond acceptors (Lipinski definition) is 6. The number of H-pyrrole nitrogens is 1. The van der Waals surface area contributed by atoms with E-state index in [4.69, 9.17) is 0 Å². The SMILES string of the molecule is C[C@@H](Nc1cccc(CO)c1)c1nc2scc(-c3cccs3)c2c(=O)[nH]1. The Morgan fingerprint density at radius 1 is 1.27 bits per heavy atom. The number of nitrogens with zero attached hydrogens (tertiary/aromatic N) is 1. The summed E-state index contributed by atoms with van der Waals surface area (Å²) in [7, 11) is 0. The Morgan fingerprint density at radius 3 is 2.92 bits per heavy atom. The van der Waals surface area contributed by atoms with E-state index in [0.717, 1.165) is 26.5 Å². The third-order valence-corrected chi connectivity index (χ3v) is 5.93. The topological polar surface area (TPSA) is 78.0 Å². The molecule has 0 fully saturated rings. The minimum atomic E-state index is -0.173. The zero-order valence-electron chi connectivity index (χ0n) is 14.0. The molecule has 0 aliphatic heterocycles. The molecule has 3 aromatic heterocycles. The van der Waals surface area contributed by atoms with Crippen LogP contribution < -0.4 is 10.9 Å². The standard InChI is InChI=1S/C19H17N3O2S2/c1-11(20-13-5-2-4-12(8-13)9-23)17-21-18(24)16-14(10-26-19(16)22-17)15-6-3-7-25-15/h2-8,10-11,20,23H,9H2,1H3,(H,21,22,24)/t11-/m1/s1. The van der Waals surface area contributed by atoms with Crippen molar-refractivity contribution in [2.75, 3.05) is 5.32 Å². The quantitative estimate of drug-likeness (QED) is 0.478. The predicted octanol–water partition coefficient (Wildman–Crippen LogP) is 4.38. The van der Waals surface area contributed by atoms with Crippen LogP contribution in [0.25, 0.3) is 20.7 Å². The fourth-order valence-corrected chi connectivity index (χ4v) is 4.63. The minimum Gasteiger partial charge on any atom is -0.392 e. The lowest BCUT2D eigenvalue weighted by atomic mass is 10.2. The number of thiophene rings is 2. The summed E-state index contributed by atoms with van der Waals surface area (Å²) >= 11 is 3.10. The number of hydrogen-bond donors (Lipinski definition) is 3.